The van der Waals surface area contributed by atoms with Crippen molar-refractivity contribution >= 4 is 34.8 Å². The Bertz CT molecular complexity index is 1990. The van der Waals surface area contributed by atoms with Crippen molar-refractivity contribution in [2.24, 2.45) is 0 Å². The van der Waals surface area contributed by atoms with E-state index in [0.29, 0.717) is 27.0 Å². The molecule has 0 spiro atoms. The van der Waals surface area contributed by atoms with E-state index in [1.165, 1.54) is 35.9 Å². The van der Waals surface area contributed by atoms with Crippen LogP contribution in [-0.4, -0.2) is 51.6 Å². The summed E-state index contributed by atoms with van der Waals surface area (Å²) in [6.07, 6.45) is 3.09. The summed E-state index contributed by atoms with van der Waals surface area (Å²) in [7, 11) is 4.53. The monoisotopic (exact) mass is 660 g/mol. The molecule has 0 saturated heterocycles. The highest BCUT2D eigenvalue weighted by Crippen LogP contribution is 2.45. The molecular weight excluding hydrogens is 631 g/mol. The van der Waals surface area contributed by atoms with Crippen LogP contribution >= 0.6 is 23.2 Å². The zero-order valence-corrected chi connectivity index (χ0v) is 27.2. The first-order chi connectivity index (χ1) is 22.1. The lowest BCUT2D eigenvalue weighted by Crippen LogP contribution is -2.36. The second-order valence-electron chi connectivity index (χ2n) is 10.9. The number of ether oxygens (including phenoxy) is 3. The number of nitrogens with zero attached hydrogens (tertiary/aromatic N) is 6. The molecule has 1 unspecified atom stereocenters. The standard InChI is InChI=1S/C33H30Cl2N6O5/c1-18(2)28-26-27(38-41(28)25-15-36-33(46-5)37-30(25)45-4)32(43)40(29(26)20-8-10-21(34)11-9-20)24-14-22(35)17-39(31(24)42)16-19-6-12-23(44-3)13-7-19/h6-15,17-18,29H,16H2,1-5H3. The third kappa shape index (κ3) is 5.45. The van der Waals surface area contributed by atoms with Crippen molar-refractivity contribution in [3.8, 4) is 23.3 Å². The van der Waals surface area contributed by atoms with Crippen molar-refractivity contribution in [1.29, 1.82) is 0 Å². The van der Waals surface area contributed by atoms with Crippen molar-refractivity contribution in [3.05, 3.63) is 115 Å². The highest BCUT2D eigenvalue weighted by molar-refractivity contribution is 6.31. The number of halogens is 2. The quantitative estimate of drug-likeness (QED) is 0.187. The lowest BCUT2D eigenvalue weighted by molar-refractivity contribution is 0.0987. The van der Waals surface area contributed by atoms with Gasteiger partial charge in [-0.1, -0.05) is 61.3 Å². The maximum atomic E-state index is 14.5. The lowest BCUT2D eigenvalue weighted by Gasteiger charge is -2.28. The molecule has 0 aliphatic carbocycles. The van der Waals surface area contributed by atoms with Crippen LogP contribution in [0.4, 0.5) is 5.69 Å². The molecule has 2 aromatic carbocycles. The zero-order chi connectivity index (χ0) is 32.7. The minimum absolute atomic E-state index is 0.121. The van der Waals surface area contributed by atoms with Crippen LogP contribution in [0.2, 0.25) is 10.0 Å². The van der Waals surface area contributed by atoms with Crippen molar-refractivity contribution in [3.63, 3.8) is 0 Å². The predicted octanol–water partition coefficient (Wildman–Crippen LogP) is 6.08. The smallest absolute Gasteiger partial charge is 0.319 e. The Balaban J connectivity index is 1.54. The minimum atomic E-state index is -0.725. The van der Waals surface area contributed by atoms with Crippen LogP contribution < -0.4 is 24.7 Å². The third-order valence-corrected chi connectivity index (χ3v) is 8.23. The number of aromatic nitrogens is 5. The Morgan fingerprint density at radius 3 is 2.24 bits per heavy atom. The lowest BCUT2D eigenvalue weighted by atomic mass is 9.94. The van der Waals surface area contributed by atoms with Gasteiger partial charge in [0.05, 0.1) is 50.8 Å². The van der Waals surface area contributed by atoms with Gasteiger partial charge in [0.25, 0.3) is 11.5 Å². The van der Waals surface area contributed by atoms with Crippen molar-refractivity contribution in [2.75, 3.05) is 26.2 Å². The fourth-order valence-corrected chi connectivity index (χ4v) is 6.07. The molecular formula is C33H30Cl2N6O5. The summed E-state index contributed by atoms with van der Waals surface area (Å²) >= 11 is 12.9. The fourth-order valence-electron chi connectivity index (χ4n) is 5.72. The molecule has 5 aromatic rings. The highest BCUT2D eigenvalue weighted by Gasteiger charge is 2.46. The molecule has 236 valence electrons. The summed E-state index contributed by atoms with van der Waals surface area (Å²) < 4.78 is 19.1. The first kappa shape index (κ1) is 31.1. The maximum absolute atomic E-state index is 14.5. The molecule has 0 N–H and O–H groups in total. The molecule has 1 aliphatic rings. The van der Waals surface area contributed by atoms with Gasteiger partial charge in [-0.05, 0) is 47.4 Å². The molecule has 4 heterocycles. The summed E-state index contributed by atoms with van der Waals surface area (Å²) in [6.45, 7) is 4.23. The molecule has 0 radical (unpaired) electrons. The molecule has 0 fully saturated rings. The third-order valence-electron chi connectivity index (χ3n) is 7.77. The fraction of sp³-hybridized carbons (Fsp3) is 0.242. The molecule has 13 heteroatoms. The van der Waals surface area contributed by atoms with Crippen LogP contribution in [0.15, 0.2) is 71.8 Å². The summed E-state index contributed by atoms with van der Waals surface area (Å²) in [5.74, 6) is 0.334. The predicted molar refractivity (Wildman–Crippen MR) is 174 cm³/mol. The highest BCUT2D eigenvalue weighted by atomic mass is 35.5. The van der Waals surface area contributed by atoms with Gasteiger partial charge >= 0.3 is 6.01 Å². The van der Waals surface area contributed by atoms with Crippen LogP contribution in [0.1, 0.15) is 58.7 Å². The summed E-state index contributed by atoms with van der Waals surface area (Å²) in [6, 6.07) is 15.5. The maximum Gasteiger partial charge on any atom is 0.319 e. The van der Waals surface area contributed by atoms with Crippen molar-refractivity contribution in [2.45, 2.75) is 32.4 Å². The van der Waals surface area contributed by atoms with Crippen LogP contribution in [0.5, 0.6) is 17.6 Å². The van der Waals surface area contributed by atoms with Crippen LogP contribution in [-0.2, 0) is 6.54 Å². The van der Waals surface area contributed by atoms with Crippen molar-refractivity contribution < 1.29 is 19.0 Å². The number of carbonyl (C=O) groups excluding carboxylic acids is 1. The zero-order valence-electron chi connectivity index (χ0n) is 25.7. The molecule has 46 heavy (non-hydrogen) atoms. The van der Waals surface area contributed by atoms with Gasteiger partial charge < -0.3 is 18.8 Å². The molecule has 1 atom stereocenters. The summed E-state index contributed by atoms with van der Waals surface area (Å²) in [5, 5.41) is 5.63. The molecule has 3 aromatic heterocycles. The van der Waals surface area contributed by atoms with E-state index < -0.39 is 11.9 Å². The Labute approximate surface area is 274 Å². The summed E-state index contributed by atoms with van der Waals surface area (Å²) in [5.41, 5.74) is 3.30. The number of rotatable bonds is 9. The molecule has 1 amide bonds. The molecule has 6 rings (SSSR count). The van der Waals surface area contributed by atoms with Crippen LogP contribution in [0, 0.1) is 0 Å². The van der Waals surface area contributed by atoms with Gasteiger partial charge in [0, 0.05) is 16.8 Å². The Hall–Kier alpha value is -4.87. The van der Waals surface area contributed by atoms with E-state index >= 15 is 0 Å². The molecule has 1 aliphatic heterocycles. The summed E-state index contributed by atoms with van der Waals surface area (Å²) in [4.78, 5) is 38.6. The Morgan fingerprint density at radius 2 is 1.61 bits per heavy atom. The van der Waals surface area contributed by atoms with E-state index in [-0.39, 0.29) is 41.3 Å². The van der Waals surface area contributed by atoms with E-state index in [0.717, 1.165) is 16.8 Å². The molecule has 0 saturated carbocycles. The van der Waals surface area contributed by atoms with E-state index in [2.05, 4.69) is 9.97 Å². The number of fused-ring (bicyclic) bond motifs is 1. The van der Waals surface area contributed by atoms with Crippen LogP contribution in [0.25, 0.3) is 5.69 Å². The van der Waals surface area contributed by atoms with E-state index in [1.807, 2.05) is 50.2 Å². The van der Waals surface area contributed by atoms with Crippen LogP contribution in [0.3, 0.4) is 0 Å². The van der Waals surface area contributed by atoms with E-state index in [4.69, 9.17) is 42.5 Å². The van der Waals surface area contributed by atoms with Gasteiger partial charge in [0.15, 0.2) is 5.69 Å². The van der Waals surface area contributed by atoms with Gasteiger partial charge in [-0.25, -0.2) is 9.67 Å². The number of hydrogen-bond acceptors (Lipinski definition) is 8. The largest absolute Gasteiger partial charge is 0.497 e. The topological polar surface area (TPSA) is 114 Å². The first-order valence-corrected chi connectivity index (χ1v) is 15.1. The number of pyridine rings is 1. The number of amides is 1. The molecule has 11 nitrogen and oxygen atoms in total. The van der Waals surface area contributed by atoms with E-state index in [1.54, 1.807) is 30.1 Å². The minimum Gasteiger partial charge on any atom is -0.497 e. The second kappa shape index (κ2) is 12.5. The number of anilines is 1. The number of carbonyl (C=O) groups is 1. The van der Waals surface area contributed by atoms with E-state index in [9.17, 15) is 9.59 Å². The number of methoxy groups -OCH3 is 3. The SMILES string of the molecule is COc1ccc(Cn2cc(Cl)cc(N3C(=O)c4nn(-c5cnc(OC)nc5OC)c(C(C)C)c4C3c3ccc(Cl)cc3)c2=O)cc1. The van der Waals surface area contributed by atoms with Gasteiger partial charge in [0.1, 0.15) is 17.1 Å². The van der Waals surface area contributed by atoms with Gasteiger partial charge in [-0.15, -0.1) is 0 Å². The Morgan fingerprint density at radius 1 is 0.891 bits per heavy atom. The van der Waals surface area contributed by atoms with Crippen molar-refractivity contribution in [1.82, 2.24) is 24.3 Å². The first-order valence-electron chi connectivity index (χ1n) is 14.3. The second-order valence-corrected chi connectivity index (χ2v) is 11.8. The number of hydrogen-bond donors (Lipinski definition) is 0. The van der Waals surface area contributed by atoms with Gasteiger partial charge in [-0.3, -0.25) is 14.5 Å². The van der Waals surface area contributed by atoms with Gasteiger partial charge in [0.2, 0.25) is 5.88 Å². The normalized spacial score (nSPS) is 14.1. The average molecular weight is 662 g/mol. The number of benzene rings is 2. The van der Waals surface area contributed by atoms with Gasteiger partial charge in [-0.2, -0.15) is 10.1 Å². The average Bonchev–Trinajstić information content (AvgIpc) is 3.58. The molecule has 0 bridgehead atoms. The Kier molecular flexibility index (Phi) is 8.45.